The van der Waals surface area contributed by atoms with Crippen molar-refractivity contribution in [1.82, 2.24) is 4.31 Å². The zero-order valence-corrected chi connectivity index (χ0v) is 19.6. The van der Waals surface area contributed by atoms with Crippen molar-refractivity contribution in [3.8, 4) is 0 Å². The van der Waals surface area contributed by atoms with E-state index >= 15 is 0 Å². The molecule has 0 saturated carbocycles. The van der Waals surface area contributed by atoms with Gasteiger partial charge < -0.3 is 15.0 Å². The molecule has 2 amide bonds. The van der Waals surface area contributed by atoms with E-state index in [4.69, 9.17) is 4.74 Å². The number of hydrogen-bond acceptors (Lipinski definition) is 6. The Morgan fingerprint density at radius 2 is 1.73 bits per heavy atom. The summed E-state index contributed by atoms with van der Waals surface area (Å²) in [6, 6.07) is 13.3. The van der Waals surface area contributed by atoms with E-state index in [1.807, 2.05) is 31.2 Å². The van der Waals surface area contributed by atoms with Crippen molar-refractivity contribution in [2.75, 3.05) is 37.5 Å². The fourth-order valence-corrected chi connectivity index (χ4v) is 4.30. The molecular weight excluding hydrogens is 446 g/mol. The van der Waals surface area contributed by atoms with Gasteiger partial charge in [0.25, 0.3) is 5.91 Å². The summed E-state index contributed by atoms with van der Waals surface area (Å²) in [6.07, 6.45) is 0.919. The Morgan fingerprint density at radius 1 is 1.09 bits per heavy atom. The van der Waals surface area contributed by atoms with Crippen LogP contribution >= 0.6 is 0 Å². The average molecular weight is 474 g/mol. The van der Waals surface area contributed by atoms with Gasteiger partial charge in [-0.1, -0.05) is 19.1 Å². The maximum absolute atomic E-state index is 12.4. The molecule has 0 spiro atoms. The van der Waals surface area contributed by atoms with Crippen molar-refractivity contribution in [1.29, 1.82) is 0 Å². The fraction of sp³-hybridized carbons (Fsp3) is 0.348. The Kier molecular flexibility index (Phi) is 7.50. The lowest BCUT2D eigenvalue weighted by molar-refractivity contribution is -0.151. The van der Waals surface area contributed by atoms with Crippen LogP contribution in [0.5, 0.6) is 0 Å². The van der Waals surface area contributed by atoms with Gasteiger partial charge >= 0.3 is 5.97 Å². The molecule has 2 aromatic rings. The lowest BCUT2D eigenvalue weighted by atomic mass is 10.1. The van der Waals surface area contributed by atoms with E-state index in [0.29, 0.717) is 5.69 Å². The number of esters is 1. The molecule has 1 saturated heterocycles. The van der Waals surface area contributed by atoms with Crippen LogP contribution in [0.4, 0.5) is 11.4 Å². The van der Waals surface area contributed by atoms with Crippen LogP contribution in [-0.4, -0.2) is 57.8 Å². The molecule has 1 atom stereocenters. The topological polar surface area (TPSA) is 113 Å². The maximum Gasteiger partial charge on any atom is 0.311 e. The van der Waals surface area contributed by atoms with Crippen molar-refractivity contribution in [2.45, 2.75) is 24.7 Å². The molecule has 0 aliphatic carbocycles. The Bertz CT molecular complexity index is 1130. The van der Waals surface area contributed by atoms with E-state index in [-0.39, 0.29) is 23.8 Å². The molecular formula is C23H27N3O6S. The summed E-state index contributed by atoms with van der Waals surface area (Å²) in [5, 5.41) is 2.55. The molecule has 1 fully saturated rings. The van der Waals surface area contributed by atoms with Gasteiger partial charge in [0.2, 0.25) is 15.9 Å². The third-order valence-electron chi connectivity index (χ3n) is 5.38. The molecule has 0 bridgehead atoms. The molecule has 3 rings (SSSR count). The summed E-state index contributed by atoms with van der Waals surface area (Å²) in [7, 11) is -0.708. The molecule has 33 heavy (non-hydrogen) atoms. The van der Waals surface area contributed by atoms with Crippen LogP contribution < -0.4 is 10.2 Å². The number of benzene rings is 2. The van der Waals surface area contributed by atoms with Gasteiger partial charge in [0.15, 0.2) is 6.61 Å². The van der Waals surface area contributed by atoms with Gasteiger partial charge in [-0.2, -0.15) is 0 Å². The average Bonchev–Trinajstić information content (AvgIpc) is 3.19. The molecule has 1 aliphatic heterocycles. The van der Waals surface area contributed by atoms with E-state index in [9.17, 15) is 22.8 Å². The van der Waals surface area contributed by atoms with Crippen LogP contribution in [-0.2, 0) is 35.6 Å². The zero-order chi connectivity index (χ0) is 24.2. The van der Waals surface area contributed by atoms with Crippen molar-refractivity contribution >= 4 is 39.2 Å². The summed E-state index contributed by atoms with van der Waals surface area (Å²) in [6.45, 7) is 1.74. The van der Waals surface area contributed by atoms with Gasteiger partial charge in [-0.05, 0) is 48.4 Å². The standard InChI is InChI=1S/C23H27N3O6S/c1-4-16-5-9-19(10-6-16)26-14-17(13-22(26)28)23(29)32-15-21(27)24-18-7-11-20(12-8-18)33(30,31)25(2)3/h5-12,17H,4,13-15H2,1-3H3,(H,24,27). The molecule has 0 aromatic heterocycles. The van der Waals surface area contributed by atoms with Gasteiger partial charge in [-0.25, -0.2) is 12.7 Å². The highest BCUT2D eigenvalue weighted by atomic mass is 32.2. The normalized spacial score (nSPS) is 16.2. The smallest absolute Gasteiger partial charge is 0.311 e. The summed E-state index contributed by atoms with van der Waals surface area (Å²) in [4.78, 5) is 38.5. The number of ether oxygens (including phenoxy) is 1. The lowest BCUT2D eigenvalue weighted by Gasteiger charge is -2.17. The van der Waals surface area contributed by atoms with Gasteiger partial charge in [0.05, 0.1) is 10.8 Å². The van der Waals surface area contributed by atoms with Crippen LogP contribution in [0, 0.1) is 5.92 Å². The number of hydrogen-bond donors (Lipinski definition) is 1. The predicted molar refractivity (Wildman–Crippen MR) is 123 cm³/mol. The Hall–Kier alpha value is -3.24. The molecule has 0 radical (unpaired) electrons. The molecule has 1 N–H and O–H groups in total. The minimum Gasteiger partial charge on any atom is -0.455 e. The molecule has 10 heteroatoms. The van der Waals surface area contributed by atoms with Crippen LogP contribution in [0.1, 0.15) is 18.9 Å². The fourth-order valence-electron chi connectivity index (χ4n) is 3.40. The Balaban J connectivity index is 1.51. The number of nitrogens with zero attached hydrogens (tertiary/aromatic N) is 2. The molecule has 9 nitrogen and oxygen atoms in total. The molecule has 2 aromatic carbocycles. The van der Waals surface area contributed by atoms with Crippen LogP contribution in [0.15, 0.2) is 53.4 Å². The first-order chi connectivity index (χ1) is 15.6. The van der Waals surface area contributed by atoms with Gasteiger partial charge in [-0.15, -0.1) is 0 Å². The molecule has 176 valence electrons. The van der Waals surface area contributed by atoms with E-state index < -0.39 is 34.4 Å². The van der Waals surface area contributed by atoms with Gasteiger partial charge in [-0.3, -0.25) is 14.4 Å². The molecule has 1 unspecified atom stereocenters. The number of aryl methyl sites for hydroxylation is 1. The number of anilines is 2. The quantitative estimate of drug-likeness (QED) is 0.587. The van der Waals surface area contributed by atoms with E-state index in [1.165, 1.54) is 38.4 Å². The predicted octanol–water partition coefficient (Wildman–Crippen LogP) is 2.03. The van der Waals surface area contributed by atoms with Crippen molar-refractivity contribution in [3.05, 3.63) is 54.1 Å². The maximum atomic E-state index is 12.4. The lowest BCUT2D eigenvalue weighted by Crippen LogP contribution is -2.28. The molecule has 1 heterocycles. The third kappa shape index (κ3) is 5.77. The van der Waals surface area contributed by atoms with Gasteiger partial charge in [0.1, 0.15) is 0 Å². The van der Waals surface area contributed by atoms with E-state index in [0.717, 1.165) is 22.0 Å². The van der Waals surface area contributed by atoms with Crippen molar-refractivity contribution < 1.29 is 27.5 Å². The number of carbonyl (C=O) groups excluding carboxylic acids is 3. The summed E-state index contributed by atoms with van der Waals surface area (Å²) in [5.74, 6) is -1.99. The first-order valence-corrected chi connectivity index (χ1v) is 11.9. The van der Waals surface area contributed by atoms with Gasteiger partial charge in [0, 0.05) is 38.4 Å². The number of amides is 2. The number of carbonyl (C=O) groups is 3. The Labute approximate surface area is 193 Å². The summed E-state index contributed by atoms with van der Waals surface area (Å²) < 4.78 is 30.4. The van der Waals surface area contributed by atoms with Crippen molar-refractivity contribution in [3.63, 3.8) is 0 Å². The second-order valence-corrected chi connectivity index (χ2v) is 10.0. The minimum atomic E-state index is -3.57. The first kappa shape index (κ1) is 24.4. The second kappa shape index (κ2) is 10.1. The van der Waals surface area contributed by atoms with Crippen LogP contribution in [0.3, 0.4) is 0 Å². The third-order valence-corrected chi connectivity index (χ3v) is 7.21. The number of sulfonamides is 1. The first-order valence-electron chi connectivity index (χ1n) is 10.5. The highest BCUT2D eigenvalue weighted by molar-refractivity contribution is 7.89. The Morgan fingerprint density at radius 3 is 2.30 bits per heavy atom. The zero-order valence-electron chi connectivity index (χ0n) is 18.8. The minimum absolute atomic E-state index is 0.0256. The molecule has 1 aliphatic rings. The highest BCUT2D eigenvalue weighted by Crippen LogP contribution is 2.26. The van der Waals surface area contributed by atoms with Crippen LogP contribution in [0.2, 0.25) is 0 Å². The summed E-state index contributed by atoms with van der Waals surface area (Å²) >= 11 is 0. The number of rotatable bonds is 8. The SMILES string of the molecule is CCc1ccc(N2CC(C(=O)OCC(=O)Nc3ccc(S(=O)(=O)N(C)C)cc3)CC2=O)cc1. The monoisotopic (exact) mass is 473 g/mol. The highest BCUT2D eigenvalue weighted by Gasteiger charge is 2.36. The van der Waals surface area contributed by atoms with Crippen molar-refractivity contribution in [2.24, 2.45) is 5.92 Å². The van der Waals surface area contributed by atoms with E-state index in [2.05, 4.69) is 5.32 Å². The second-order valence-electron chi connectivity index (χ2n) is 7.89. The summed E-state index contributed by atoms with van der Waals surface area (Å²) in [5.41, 5.74) is 2.25. The van der Waals surface area contributed by atoms with E-state index in [1.54, 1.807) is 4.90 Å². The number of nitrogens with one attached hydrogen (secondary N) is 1. The largest absolute Gasteiger partial charge is 0.455 e. The van der Waals surface area contributed by atoms with Crippen LogP contribution in [0.25, 0.3) is 0 Å².